The van der Waals surface area contributed by atoms with Crippen LogP contribution < -0.4 is 10.6 Å². The van der Waals surface area contributed by atoms with Crippen molar-refractivity contribution in [1.29, 1.82) is 0 Å². The predicted octanol–water partition coefficient (Wildman–Crippen LogP) is 0.827. The van der Waals surface area contributed by atoms with Crippen LogP contribution in [-0.4, -0.2) is 37.3 Å². The minimum absolute atomic E-state index is 0.0489. The third-order valence-corrected chi connectivity index (χ3v) is 3.43. The quantitative estimate of drug-likeness (QED) is 0.634. The zero-order valence-corrected chi connectivity index (χ0v) is 9.62. The minimum atomic E-state index is -0.762. The van der Waals surface area contributed by atoms with E-state index in [1.165, 1.54) is 19.3 Å². The molecule has 1 fully saturated rings. The summed E-state index contributed by atoms with van der Waals surface area (Å²) < 4.78 is 0. The van der Waals surface area contributed by atoms with Crippen molar-refractivity contribution in [2.45, 2.75) is 44.2 Å². The highest BCUT2D eigenvalue weighted by molar-refractivity contribution is 5.74. The summed E-state index contributed by atoms with van der Waals surface area (Å²) in [6.07, 6.45) is 6.07. The van der Waals surface area contributed by atoms with Gasteiger partial charge in [0.2, 0.25) is 0 Å². The Hall–Kier alpha value is -0.610. The molecule has 1 aliphatic rings. The largest absolute Gasteiger partial charge is 0.480 e. The average Bonchev–Trinajstić information content (AvgIpc) is 2.26. The van der Waals surface area contributed by atoms with Crippen molar-refractivity contribution in [2.75, 3.05) is 14.1 Å². The summed E-state index contributed by atoms with van der Waals surface area (Å²) in [5, 5.41) is 15.2. The monoisotopic (exact) mass is 214 g/mol. The van der Waals surface area contributed by atoms with E-state index in [4.69, 9.17) is 5.11 Å². The first-order chi connectivity index (χ1) is 7.20. The van der Waals surface area contributed by atoms with Crippen molar-refractivity contribution >= 4 is 5.97 Å². The second-order valence-electron chi connectivity index (χ2n) is 4.32. The molecule has 1 saturated carbocycles. The van der Waals surface area contributed by atoms with E-state index in [0.717, 1.165) is 12.8 Å². The Morgan fingerprint density at radius 1 is 1.20 bits per heavy atom. The number of hydrogen-bond donors (Lipinski definition) is 3. The number of carboxylic acid groups (broad SMARTS) is 1. The van der Waals surface area contributed by atoms with Crippen LogP contribution in [0, 0.1) is 5.92 Å². The van der Waals surface area contributed by atoms with Gasteiger partial charge in [0.25, 0.3) is 0 Å². The molecular formula is C11H22N2O2. The first-order valence-electron chi connectivity index (χ1n) is 5.78. The molecule has 1 rings (SSSR count). The predicted molar refractivity (Wildman–Crippen MR) is 59.9 cm³/mol. The normalized spacial score (nSPS) is 22.3. The molecule has 1 aliphatic carbocycles. The van der Waals surface area contributed by atoms with Crippen molar-refractivity contribution in [3.05, 3.63) is 0 Å². The molecule has 0 amide bonds. The van der Waals surface area contributed by atoms with E-state index < -0.39 is 12.0 Å². The highest BCUT2D eigenvalue weighted by atomic mass is 16.4. The zero-order chi connectivity index (χ0) is 11.3. The number of nitrogens with one attached hydrogen (secondary N) is 2. The third kappa shape index (κ3) is 3.18. The fraction of sp³-hybridized carbons (Fsp3) is 0.909. The zero-order valence-electron chi connectivity index (χ0n) is 9.62. The second kappa shape index (κ2) is 6.08. The maximum atomic E-state index is 11.1. The van der Waals surface area contributed by atoms with Gasteiger partial charge in [-0.15, -0.1) is 0 Å². The second-order valence-corrected chi connectivity index (χ2v) is 4.32. The van der Waals surface area contributed by atoms with Crippen LogP contribution in [0.25, 0.3) is 0 Å². The summed E-state index contributed by atoms with van der Waals surface area (Å²) in [5.74, 6) is -0.264. The first kappa shape index (κ1) is 12.5. The maximum Gasteiger partial charge on any atom is 0.322 e. The van der Waals surface area contributed by atoms with Gasteiger partial charge < -0.3 is 15.7 Å². The standard InChI is InChI=1S/C11H22N2O2/c1-12-9(10(13-2)11(14)15)8-6-4-3-5-7-8/h8-10,12-13H,3-7H2,1-2H3,(H,14,15). The number of carboxylic acids is 1. The first-order valence-corrected chi connectivity index (χ1v) is 5.78. The Morgan fingerprint density at radius 2 is 1.80 bits per heavy atom. The Balaban J connectivity index is 2.62. The van der Waals surface area contributed by atoms with Gasteiger partial charge in [-0.2, -0.15) is 0 Å². The van der Waals surface area contributed by atoms with Crippen molar-refractivity contribution in [3.8, 4) is 0 Å². The Kier molecular flexibility index (Phi) is 5.05. The SMILES string of the molecule is CNC(C(=O)O)C(NC)C1CCCCC1. The van der Waals surface area contributed by atoms with Crippen LogP contribution in [-0.2, 0) is 4.79 Å². The number of hydrogen-bond acceptors (Lipinski definition) is 3. The molecule has 88 valence electrons. The number of aliphatic carboxylic acids is 1. The van der Waals surface area contributed by atoms with E-state index in [1.54, 1.807) is 7.05 Å². The molecule has 0 aliphatic heterocycles. The van der Waals surface area contributed by atoms with Crippen molar-refractivity contribution < 1.29 is 9.90 Å². The van der Waals surface area contributed by atoms with Crippen molar-refractivity contribution in [3.63, 3.8) is 0 Å². The minimum Gasteiger partial charge on any atom is -0.480 e. The van der Waals surface area contributed by atoms with E-state index >= 15 is 0 Å². The number of carbonyl (C=O) groups is 1. The lowest BCUT2D eigenvalue weighted by atomic mass is 9.81. The van der Waals surface area contributed by atoms with E-state index in [2.05, 4.69) is 10.6 Å². The van der Waals surface area contributed by atoms with E-state index in [0.29, 0.717) is 5.92 Å². The van der Waals surface area contributed by atoms with E-state index in [-0.39, 0.29) is 6.04 Å². The molecule has 0 aromatic rings. The van der Waals surface area contributed by atoms with Crippen LogP contribution >= 0.6 is 0 Å². The molecule has 0 radical (unpaired) electrons. The molecular weight excluding hydrogens is 192 g/mol. The highest BCUT2D eigenvalue weighted by Gasteiger charge is 2.32. The number of rotatable bonds is 5. The molecule has 4 heteroatoms. The van der Waals surface area contributed by atoms with E-state index in [9.17, 15) is 4.79 Å². The van der Waals surface area contributed by atoms with E-state index in [1.807, 2.05) is 7.05 Å². The Morgan fingerprint density at radius 3 is 2.20 bits per heavy atom. The smallest absolute Gasteiger partial charge is 0.322 e. The molecule has 15 heavy (non-hydrogen) atoms. The lowest BCUT2D eigenvalue weighted by Crippen LogP contribution is -2.54. The third-order valence-electron chi connectivity index (χ3n) is 3.43. The van der Waals surface area contributed by atoms with Gasteiger partial charge in [-0.05, 0) is 32.9 Å². The Bertz CT molecular complexity index is 203. The van der Waals surface area contributed by atoms with Gasteiger partial charge in [0.1, 0.15) is 6.04 Å². The molecule has 0 aromatic carbocycles. The fourth-order valence-electron chi connectivity index (χ4n) is 2.62. The van der Waals surface area contributed by atoms with Gasteiger partial charge in [0.15, 0.2) is 0 Å². The molecule has 0 aromatic heterocycles. The van der Waals surface area contributed by atoms with Crippen LogP contribution in [0.2, 0.25) is 0 Å². The van der Waals surface area contributed by atoms with Crippen LogP contribution in [0.5, 0.6) is 0 Å². The van der Waals surface area contributed by atoms with Crippen molar-refractivity contribution in [1.82, 2.24) is 10.6 Å². The van der Waals surface area contributed by atoms with Gasteiger partial charge in [-0.1, -0.05) is 19.3 Å². The van der Waals surface area contributed by atoms with Gasteiger partial charge in [0.05, 0.1) is 0 Å². The lowest BCUT2D eigenvalue weighted by molar-refractivity contribution is -0.140. The van der Waals surface area contributed by atoms with Crippen molar-refractivity contribution in [2.24, 2.45) is 5.92 Å². The van der Waals surface area contributed by atoms with Crippen LogP contribution in [0.15, 0.2) is 0 Å². The van der Waals surface area contributed by atoms with Crippen LogP contribution in [0.4, 0.5) is 0 Å². The summed E-state index contributed by atoms with van der Waals surface area (Å²) in [4.78, 5) is 11.1. The molecule has 0 spiro atoms. The Labute approximate surface area is 91.4 Å². The van der Waals surface area contributed by atoms with Crippen LogP contribution in [0.1, 0.15) is 32.1 Å². The lowest BCUT2D eigenvalue weighted by Gasteiger charge is -2.33. The summed E-state index contributed by atoms with van der Waals surface area (Å²) in [6.45, 7) is 0. The van der Waals surface area contributed by atoms with Gasteiger partial charge in [0, 0.05) is 6.04 Å². The highest BCUT2D eigenvalue weighted by Crippen LogP contribution is 2.27. The molecule has 4 nitrogen and oxygen atoms in total. The average molecular weight is 214 g/mol. The fourth-order valence-corrected chi connectivity index (χ4v) is 2.62. The number of likely N-dealkylation sites (N-methyl/N-ethyl adjacent to an activating group) is 2. The molecule has 0 saturated heterocycles. The maximum absolute atomic E-state index is 11.1. The summed E-state index contributed by atoms with van der Waals surface area (Å²) in [7, 11) is 3.57. The van der Waals surface area contributed by atoms with Gasteiger partial charge in [-0.3, -0.25) is 4.79 Å². The summed E-state index contributed by atoms with van der Waals surface area (Å²) in [6, 6.07) is -0.425. The summed E-state index contributed by atoms with van der Waals surface area (Å²) in [5.41, 5.74) is 0. The van der Waals surface area contributed by atoms with Gasteiger partial charge >= 0.3 is 5.97 Å². The molecule has 0 bridgehead atoms. The molecule has 3 N–H and O–H groups in total. The summed E-state index contributed by atoms with van der Waals surface area (Å²) >= 11 is 0. The topological polar surface area (TPSA) is 61.4 Å². The molecule has 2 unspecified atom stereocenters. The molecule has 2 atom stereocenters. The van der Waals surface area contributed by atoms with Gasteiger partial charge in [-0.25, -0.2) is 0 Å². The van der Waals surface area contributed by atoms with Crippen LogP contribution in [0.3, 0.4) is 0 Å². The molecule has 0 heterocycles.